The summed E-state index contributed by atoms with van der Waals surface area (Å²) in [6.45, 7) is 0.501. The molecule has 1 aromatic carbocycles. The van der Waals surface area contributed by atoms with Crippen molar-refractivity contribution in [1.82, 2.24) is 5.32 Å². The average molecular weight is 343 g/mol. The highest BCUT2D eigenvalue weighted by Crippen LogP contribution is 2.28. The van der Waals surface area contributed by atoms with Gasteiger partial charge in [0.25, 0.3) is 0 Å². The lowest BCUT2D eigenvalue weighted by atomic mass is 10.1. The number of aliphatic hydroxyl groups is 1. The van der Waals surface area contributed by atoms with E-state index in [1.807, 2.05) is 6.07 Å². The third-order valence-electron chi connectivity index (χ3n) is 3.55. The van der Waals surface area contributed by atoms with Gasteiger partial charge >= 0.3 is 6.03 Å². The molecule has 5 nitrogen and oxygen atoms in total. The van der Waals surface area contributed by atoms with E-state index in [1.165, 1.54) is 0 Å². The van der Waals surface area contributed by atoms with Crippen molar-refractivity contribution in [2.24, 2.45) is 5.92 Å². The van der Waals surface area contributed by atoms with Gasteiger partial charge in [-0.25, -0.2) is 4.79 Å². The topological polar surface area (TPSA) is 70.6 Å². The minimum Gasteiger partial charge on any atom is -0.495 e. The van der Waals surface area contributed by atoms with Crippen LogP contribution in [0.5, 0.6) is 5.75 Å². The largest absolute Gasteiger partial charge is 0.495 e. The number of aliphatic hydroxyl groups excluding tert-OH is 1. The molecular formula is C14H19BrN2O3. The maximum Gasteiger partial charge on any atom is 0.319 e. The number of carbonyl (C=O) groups is 1. The Morgan fingerprint density at radius 3 is 2.95 bits per heavy atom. The Labute approximate surface area is 126 Å². The zero-order chi connectivity index (χ0) is 14.5. The van der Waals surface area contributed by atoms with Gasteiger partial charge in [0.15, 0.2) is 0 Å². The number of amides is 2. The van der Waals surface area contributed by atoms with Crippen molar-refractivity contribution >= 4 is 27.6 Å². The van der Waals surface area contributed by atoms with Crippen molar-refractivity contribution in [3.63, 3.8) is 0 Å². The fourth-order valence-corrected chi connectivity index (χ4v) is 2.80. The summed E-state index contributed by atoms with van der Waals surface area (Å²) in [5.74, 6) is 0.828. The second kappa shape index (κ2) is 6.95. The molecule has 0 aliphatic heterocycles. The van der Waals surface area contributed by atoms with Gasteiger partial charge in [-0.3, -0.25) is 0 Å². The van der Waals surface area contributed by atoms with E-state index >= 15 is 0 Å². The molecule has 20 heavy (non-hydrogen) atoms. The lowest BCUT2D eigenvalue weighted by Crippen LogP contribution is -2.35. The number of rotatable bonds is 4. The number of methoxy groups -OCH3 is 1. The molecular weight excluding hydrogens is 324 g/mol. The lowest BCUT2D eigenvalue weighted by molar-refractivity contribution is 0.133. The Hall–Kier alpha value is -1.27. The minimum absolute atomic E-state index is 0.167. The Balaban J connectivity index is 1.85. The van der Waals surface area contributed by atoms with Gasteiger partial charge < -0.3 is 20.5 Å². The maximum atomic E-state index is 11.8. The van der Waals surface area contributed by atoms with E-state index in [0.29, 0.717) is 18.0 Å². The summed E-state index contributed by atoms with van der Waals surface area (Å²) in [6.07, 6.45) is 2.54. The first kappa shape index (κ1) is 15.1. The lowest BCUT2D eigenvalue weighted by Gasteiger charge is -2.15. The normalized spacial score (nSPS) is 21.6. The van der Waals surface area contributed by atoms with Gasteiger partial charge in [0, 0.05) is 24.2 Å². The van der Waals surface area contributed by atoms with Crippen molar-refractivity contribution in [1.29, 1.82) is 0 Å². The summed E-state index contributed by atoms with van der Waals surface area (Å²) < 4.78 is 6.00. The number of carbonyl (C=O) groups excluding carboxylic acids is 1. The predicted molar refractivity (Wildman–Crippen MR) is 81.1 cm³/mol. The van der Waals surface area contributed by atoms with Crippen LogP contribution in [0.4, 0.5) is 10.5 Å². The Morgan fingerprint density at radius 1 is 1.50 bits per heavy atom. The zero-order valence-corrected chi connectivity index (χ0v) is 12.9. The fourth-order valence-electron chi connectivity index (χ4n) is 2.39. The molecule has 0 saturated heterocycles. The summed E-state index contributed by atoms with van der Waals surface area (Å²) in [7, 11) is 1.57. The van der Waals surface area contributed by atoms with Gasteiger partial charge in [-0.15, -0.1) is 0 Å². The van der Waals surface area contributed by atoms with Crippen LogP contribution in [0.25, 0.3) is 0 Å². The number of nitrogens with one attached hydrogen (secondary N) is 2. The third-order valence-corrected chi connectivity index (χ3v) is 4.21. The van der Waals surface area contributed by atoms with Gasteiger partial charge in [0.1, 0.15) is 5.75 Å². The summed E-state index contributed by atoms with van der Waals surface area (Å²) in [5, 5.41) is 15.2. The first-order valence-electron chi connectivity index (χ1n) is 6.66. The van der Waals surface area contributed by atoms with Crippen molar-refractivity contribution in [2.45, 2.75) is 25.4 Å². The quantitative estimate of drug-likeness (QED) is 0.787. The number of hydrogen-bond donors (Lipinski definition) is 3. The maximum absolute atomic E-state index is 11.8. The molecule has 1 aliphatic carbocycles. The monoisotopic (exact) mass is 342 g/mol. The minimum atomic E-state index is -0.289. The standard InChI is InChI=1S/C14H19BrN2O3/c1-20-13-7-10(5-6-11(13)15)17-14(19)16-8-9-3-2-4-12(9)18/h5-7,9,12,18H,2-4,8H2,1H3,(H2,16,17,19)/t9-,12-/m0/s1. The Kier molecular flexibility index (Phi) is 5.25. The summed E-state index contributed by atoms with van der Waals surface area (Å²) in [5.41, 5.74) is 0.662. The molecule has 110 valence electrons. The first-order chi connectivity index (χ1) is 9.60. The van der Waals surface area contributed by atoms with E-state index in [2.05, 4.69) is 26.6 Å². The van der Waals surface area contributed by atoms with Crippen LogP contribution in [0.15, 0.2) is 22.7 Å². The molecule has 0 spiro atoms. The van der Waals surface area contributed by atoms with E-state index in [4.69, 9.17) is 4.74 Å². The molecule has 0 aromatic heterocycles. The van der Waals surface area contributed by atoms with E-state index in [0.717, 1.165) is 23.7 Å². The number of urea groups is 1. The molecule has 2 rings (SSSR count). The van der Waals surface area contributed by atoms with Gasteiger partial charge in [0.05, 0.1) is 17.7 Å². The molecule has 3 N–H and O–H groups in total. The van der Waals surface area contributed by atoms with E-state index in [1.54, 1.807) is 19.2 Å². The van der Waals surface area contributed by atoms with Crippen LogP contribution < -0.4 is 15.4 Å². The van der Waals surface area contributed by atoms with Crippen LogP contribution in [-0.4, -0.2) is 30.9 Å². The number of benzene rings is 1. The van der Waals surface area contributed by atoms with Gasteiger partial charge in [-0.05, 0) is 40.9 Å². The third kappa shape index (κ3) is 3.86. The summed E-state index contributed by atoms with van der Waals surface area (Å²) in [4.78, 5) is 11.8. The smallest absolute Gasteiger partial charge is 0.319 e. The Bertz CT molecular complexity index is 481. The molecule has 0 heterocycles. The molecule has 1 saturated carbocycles. The van der Waals surface area contributed by atoms with Gasteiger partial charge in [-0.2, -0.15) is 0 Å². The molecule has 2 amide bonds. The van der Waals surface area contributed by atoms with Crippen molar-refractivity contribution < 1.29 is 14.6 Å². The SMILES string of the molecule is COc1cc(NC(=O)NC[C@@H]2CCC[C@@H]2O)ccc1Br. The number of anilines is 1. The van der Waals surface area contributed by atoms with Crippen molar-refractivity contribution in [2.75, 3.05) is 19.0 Å². The van der Waals surface area contributed by atoms with Crippen molar-refractivity contribution in [3.05, 3.63) is 22.7 Å². The van der Waals surface area contributed by atoms with Gasteiger partial charge in [0.2, 0.25) is 0 Å². The highest BCUT2D eigenvalue weighted by atomic mass is 79.9. The predicted octanol–water partition coefficient (Wildman–Crippen LogP) is 2.74. The van der Waals surface area contributed by atoms with E-state index < -0.39 is 0 Å². The fraction of sp³-hybridized carbons (Fsp3) is 0.500. The zero-order valence-electron chi connectivity index (χ0n) is 11.4. The van der Waals surface area contributed by atoms with Crippen LogP contribution in [0, 0.1) is 5.92 Å². The van der Waals surface area contributed by atoms with E-state index in [-0.39, 0.29) is 18.1 Å². The molecule has 2 atom stereocenters. The van der Waals surface area contributed by atoms with Crippen LogP contribution in [-0.2, 0) is 0 Å². The van der Waals surface area contributed by atoms with Crippen LogP contribution >= 0.6 is 15.9 Å². The number of hydrogen-bond acceptors (Lipinski definition) is 3. The second-order valence-electron chi connectivity index (χ2n) is 4.94. The van der Waals surface area contributed by atoms with Crippen LogP contribution in [0.3, 0.4) is 0 Å². The summed E-state index contributed by atoms with van der Waals surface area (Å²) >= 11 is 3.36. The molecule has 1 fully saturated rings. The highest BCUT2D eigenvalue weighted by Gasteiger charge is 2.25. The molecule has 1 aliphatic rings. The molecule has 6 heteroatoms. The average Bonchev–Trinajstić information content (AvgIpc) is 2.84. The summed E-state index contributed by atoms with van der Waals surface area (Å²) in [6, 6.07) is 5.08. The van der Waals surface area contributed by atoms with Crippen molar-refractivity contribution in [3.8, 4) is 5.75 Å². The number of ether oxygens (including phenoxy) is 1. The highest BCUT2D eigenvalue weighted by molar-refractivity contribution is 9.10. The second-order valence-corrected chi connectivity index (χ2v) is 5.80. The molecule has 0 unspecified atom stereocenters. The van der Waals surface area contributed by atoms with Crippen LogP contribution in [0.2, 0.25) is 0 Å². The Morgan fingerprint density at radius 2 is 2.30 bits per heavy atom. The molecule has 1 aromatic rings. The number of halogens is 1. The molecule has 0 bridgehead atoms. The molecule has 0 radical (unpaired) electrons. The van der Waals surface area contributed by atoms with Crippen LogP contribution in [0.1, 0.15) is 19.3 Å². The van der Waals surface area contributed by atoms with Gasteiger partial charge in [-0.1, -0.05) is 6.42 Å². The van der Waals surface area contributed by atoms with E-state index in [9.17, 15) is 9.90 Å². The first-order valence-corrected chi connectivity index (χ1v) is 7.46.